The fraction of sp³-hybridized carbons (Fsp3) is 0.222. The van der Waals surface area contributed by atoms with Crippen molar-refractivity contribution in [3.63, 3.8) is 0 Å². The molecule has 2 aromatic carbocycles. The van der Waals surface area contributed by atoms with Crippen molar-refractivity contribution >= 4 is 17.3 Å². The van der Waals surface area contributed by atoms with E-state index >= 15 is 0 Å². The van der Waals surface area contributed by atoms with Crippen LogP contribution in [0.15, 0.2) is 24.3 Å². The maximum Gasteiger partial charge on any atom is 0.150 e. The molecule has 1 aliphatic heterocycles. The smallest absolute Gasteiger partial charge is 0.150 e. The minimum Gasteiger partial charge on any atom is -0.323 e. The van der Waals surface area contributed by atoms with Crippen LogP contribution in [0.2, 0.25) is 0 Å². The summed E-state index contributed by atoms with van der Waals surface area (Å²) in [4.78, 5) is 16.0. The van der Waals surface area contributed by atoms with Crippen LogP contribution in [0.4, 0.5) is 0 Å². The number of nitrogens with zero attached hydrogens (tertiary/aromatic N) is 2. The molecule has 0 bridgehead atoms. The van der Waals surface area contributed by atoms with Crippen LogP contribution in [0.1, 0.15) is 32.9 Å². The highest BCUT2D eigenvalue weighted by atomic mass is 16.1. The number of rotatable bonds is 1. The van der Waals surface area contributed by atoms with Gasteiger partial charge in [-0.2, -0.15) is 0 Å². The minimum absolute atomic E-state index is 0.793. The molecule has 1 aliphatic rings. The summed E-state index contributed by atoms with van der Waals surface area (Å²) in [6.45, 7) is 6.89. The molecular formula is C18H16N2O. The highest BCUT2D eigenvalue weighted by molar-refractivity contribution is 5.97. The molecule has 0 fully saturated rings. The lowest BCUT2D eigenvalue weighted by Crippen LogP contribution is -2.12. The molecule has 0 atom stereocenters. The highest BCUT2D eigenvalue weighted by Gasteiger charge is 2.23. The first-order valence-corrected chi connectivity index (χ1v) is 7.16. The van der Waals surface area contributed by atoms with E-state index in [0.717, 1.165) is 40.9 Å². The summed E-state index contributed by atoms with van der Waals surface area (Å²) < 4.78 is 2.25. The number of fused-ring (bicyclic) bond motifs is 2. The Kier molecular flexibility index (Phi) is 2.37. The van der Waals surface area contributed by atoms with Crippen molar-refractivity contribution in [1.82, 2.24) is 9.55 Å². The van der Waals surface area contributed by atoms with Gasteiger partial charge in [-0.25, -0.2) is 4.98 Å². The second kappa shape index (κ2) is 4.04. The number of benzene rings is 2. The van der Waals surface area contributed by atoms with Gasteiger partial charge in [-0.05, 0) is 49.1 Å². The summed E-state index contributed by atoms with van der Waals surface area (Å²) in [6, 6.07) is 8.42. The average Bonchev–Trinajstić information content (AvgIpc) is 2.78. The fourth-order valence-corrected chi connectivity index (χ4v) is 3.54. The lowest BCUT2D eigenvalue weighted by molar-refractivity contribution is 0.112. The second-order valence-electron chi connectivity index (χ2n) is 5.79. The SMILES string of the molecule is Cc1cc2c(c(C)c1C=O)Cn1c(C)nc3cccc-2c31. The van der Waals surface area contributed by atoms with Crippen molar-refractivity contribution in [2.75, 3.05) is 0 Å². The Morgan fingerprint density at radius 1 is 1.19 bits per heavy atom. The van der Waals surface area contributed by atoms with Crippen LogP contribution < -0.4 is 0 Å². The van der Waals surface area contributed by atoms with Crippen molar-refractivity contribution in [1.29, 1.82) is 0 Å². The fourth-order valence-electron chi connectivity index (χ4n) is 3.54. The van der Waals surface area contributed by atoms with E-state index in [1.54, 1.807) is 0 Å². The number of imidazole rings is 1. The van der Waals surface area contributed by atoms with Crippen LogP contribution in [0, 0.1) is 20.8 Å². The van der Waals surface area contributed by atoms with Crippen LogP contribution in [0.3, 0.4) is 0 Å². The van der Waals surface area contributed by atoms with Gasteiger partial charge in [0, 0.05) is 11.1 Å². The Labute approximate surface area is 123 Å². The predicted octanol–water partition coefficient (Wildman–Crippen LogP) is 3.80. The first-order valence-electron chi connectivity index (χ1n) is 7.16. The van der Waals surface area contributed by atoms with Crippen molar-refractivity contribution in [3.05, 3.63) is 52.3 Å². The van der Waals surface area contributed by atoms with Gasteiger partial charge >= 0.3 is 0 Å². The molecule has 0 saturated carbocycles. The zero-order valence-corrected chi connectivity index (χ0v) is 12.4. The molecule has 4 rings (SSSR count). The van der Waals surface area contributed by atoms with E-state index in [9.17, 15) is 4.79 Å². The first-order chi connectivity index (χ1) is 10.1. The normalized spacial score (nSPS) is 12.5. The van der Waals surface area contributed by atoms with Gasteiger partial charge in [0.25, 0.3) is 0 Å². The molecule has 1 aromatic heterocycles. The third-order valence-corrected chi connectivity index (χ3v) is 4.65. The molecule has 0 spiro atoms. The predicted molar refractivity (Wildman–Crippen MR) is 83.9 cm³/mol. The summed E-state index contributed by atoms with van der Waals surface area (Å²) >= 11 is 0. The molecule has 0 N–H and O–H groups in total. The standard InChI is InChI=1S/C18H16N2O/c1-10-7-14-13-5-4-6-17-18(13)20(12(3)19-17)8-15(14)11(2)16(10)9-21/h4-7,9H,8H2,1-3H3. The van der Waals surface area contributed by atoms with E-state index < -0.39 is 0 Å². The van der Waals surface area contributed by atoms with Gasteiger partial charge in [-0.1, -0.05) is 18.2 Å². The minimum atomic E-state index is 0.793. The Balaban J connectivity index is 2.17. The summed E-state index contributed by atoms with van der Waals surface area (Å²) in [7, 11) is 0. The van der Waals surface area contributed by atoms with Crippen LogP contribution in [-0.2, 0) is 6.54 Å². The summed E-state index contributed by atoms with van der Waals surface area (Å²) in [5, 5.41) is 0. The van der Waals surface area contributed by atoms with Crippen LogP contribution >= 0.6 is 0 Å². The Bertz CT molecular complexity index is 919. The maximum absolute atomic E-state index is 11.4. The van der Waals surface area contributed by atoms with Gasteiger partial charge in [0.15, 0.2) is 6.29 Å². The molecule has 3 heteroatoms. The van der Waals surface area contributed by atoms with Crippen LogP contribution in [0.25, 0.3) is 22.2 Å². The van der Waals surface area contributed by atoms with E-state index in [0.29, 0.717) is 0 Å². The van der Waals surface area contributed by atoms with Gasteiger partial charge in [-0.15, -0.1) is 0 Å². The molecule has 3 aromatic rings. The quantitative estimate of drug-likeness (QED) is 0.496. The molecule has 3 nitrogen and oxygen atoms in total. The number of carbonyl (C=O) groups excluding carboxylic acids is 1. The zero-order valence-electron chi connectivity index (χ0n) is 12.4. The molecule has 21 heavy (non-hydrogen) atoms. The zero-order chi connectivity index (χ0) is 14.7. The topological polar surface area (TPSA) is 34.9 Å². The van der Waals surface area contributed by atoms with E-state index in [2.05, 4.69) is 33.8 Å². The number of carbonyl (C=O) groups is 1. The summed E-state index contributed by atoms with van der Waals surface area (Å²) in [6.07, 6.45) is 0.974. The number of para-hydroxylation sites is 1. The Morgan fingerprint density at radius 2 is 2.00 bits per heavy atom. The average molecular weight is 276 g/mol. The lowest BCUT2D eigenvalue weighted by Gasteiger charge is -2.23. The molecule has 0 unspecified atom stereocenters. The maximum atomic E-state index is 11.4. The van der Waals surface area contributed by atoms with E-state index in [4.69, 9.17) is 0 Å². The molecule has 2 heterocycles. The van der Waals surface area contributed by atoms with E-state index in [1.807, 2.05) is 20.8 Å². The van der Waals surface area contributed by atoms with Gasteiger partial charge in [0.1, 0.15) is 5.82 Å². The molecular weight excluding hydrogens is 260 g/mol. The van der Waals surface area contributed by atoms with Gasteiger partial charge in [0.05, 0.1) is 17.6 Å². The molecule has 0 saturated heterocycles. The Morgan fingerprint density at radius 3 is 2.76 bits per heavy atom. The van der Waals surface area contributed by atoms with Gasteiger partial charge < -0.3 is 4.57 Å². The first kappa shape index (κ1) is 12.3. The van der Waals surface area contributed by atoms with Crippen molar-refractivity contribution < 1.29 is 4.79 Å². The Hall–Kier alpha value is -2.42. The number of aldehydes is 1. The monoisotopic (exact) mass is 276 g/mol. The number of hydrogen-bond acceptors (Lipinski definition) is 2. The number of hydrogen-bond donors (Lipinski definition) is 0. The number of aromatic nitrogens is 2. The molecule has 0 aliphatic carbocycles. The molecule has 0 amide bonds. The van der Waals surface area contributed by atoms with E-state index in [-0.39, 0.29) is 0 Å². The van der Waals surface area contributed by atoms with Gasteiger partial charge in [-0.3, -0.25) is 4.79 Å². The number of aryl methyl sites for hydroxylation is 2. The molecule has 0 radical (unpaired) electrons. The van der Waals surface area contributed by atoms with Gasteiger partial charge in [0.2, 0.25) is 0 Å². The molecule has 104 valence electrons. The summed E-state index contributed by atoms with van der Waals surface area (Å²) in [5.74, 6) is 1.02. The third kappa shape index (κ3) is 1.49. The van der Waals surface area contributed by atoms with Crippen molar-refractivity contribution in [2.45, 2.75) is 27.3 Å². The van der Waals surface area contributed by atoms with Crippen molar-refractivity contribution in [3.8, 4) is 11.1 Å². The second-order valence-corrected chi connectivity index (χ2v) is 5.79. The lowest BCUT2D eigenvalue weighted by atomic mass is 9.87. The van der Waals surface area contributed by atoms with Crippen LogP contribution in [-0.4, -0.2) is 15.8 Å². The highest BCUT2D eigenvalue weighted by Crippen LogP contribution is 2.39. The third-order valence-electron chi connectivity index (χ3n) is 4.65. The van der Waals surface area contributed by atoms with Crippen LogP contribution in [0.5, 0.6) is 0 Å². The van der Waals surface area contributed by atoms with E-state index in [1.165, 1.54) is 22.2 Å². The van der Waals surface area contributed by atoms with Crippen molar-refractivity contribution in [2.24, 2.45) is 0 Å². The summed E-state index contributed by atoms with van der Waals surface area (Å²) in [5.41, 5.74) is 8.92. The largest absolute Gasteiger partial charge is 0.323 e.